The van der Waals surface area contributed by atoms with E-state index in [1.165, 1.54) is 0 Å². The summed E-state index contributed by atoms with van der Waals surface area (Å²) in [6.45, 7) is 14.5. The van der Waals surface area contributed by atoms with Gasteiger partial charge in [-0.2, -0.15) is 5.26 Å². The maximum atomic E-state index is 12.6. The second-order valence-electron chi connectivity index (χ2n) is 11.5. The number of pyridine rings is 1. The third-order valence-corrected chi connectivity index (χ3v) is 6.38. The van der Waals surface area contributed by atoms with Gasteiger partial charge in [-0.25, -0.2) is 9.78 Å². The number of aromatic nitrogens is 1. The molecule has 3 rings (SSSR count). The lowest BCUT2D eigenvalue weighted by Crippen LogP contribution is -2.42. The Morgan fingerprint density at radius 2 is 1.68 bits per heavy atom. The number of ether oxygens (including phenoxy) is 2. The normalized spacial score (nSPS) is 22.1. The summed E-state index contributed by atoms with van der Waals surface area (Å²) in [5.74, 6) is 0.534. The maximum absolute atomic E-state index is 12.6. The number of hydrogen-bond acceptors (Lipinski definition) is 7. The lowest BCUT2D eigenvalue weighted by atomic mass is 9.81. The van der Waals surface area contributed by atoms with E-state index in [4.69, 9.17) is 9.47 Å². The molecule has 3 atom stereocenters. The first-order chi connectivity index (χ1) is 15.7. The van der Waals surface area contributed by atoms with Crippen molar-refractivity contribution in [3.05, 3.63) is 23.9 Å². The van der Waals surface area contributed by atoms with E-state index in [0.29, 0.717) is 13.0 Å². The van der Waals surface area contributed by atoms with Gasteiger partial charge in [-0.3, -0.25) is 4.79 Å². The van der Waals surface area contributed by atoms with Gasteiger partial charge in [-0.15, -0.1) is 0 Å². The Hall–Kier alpha value is -2.82. The van der Waals surface area contributed by atoms with Crippen LogP contribution in [0.15, 0.2) is 18.3 Å². The fraction of sp³-hybridized carbons (Fsp3) is 0.692. The fourth-order valence-corrected chi connectivity index (χ4v) is 4.71. The molecule has 1 aromatic rings. The van der Waals surface area contributed by atoms with Gasteiger partial charge in [0, 0.05) is 25.7 Å². The Labute approximate surface area is 203 Å². The summed E-state index contributed by atoms with van der Waals surface area (Å²) in [5, 5.41) is 9.86. The zero-order valence-electron chi connectivity index (χ0n) is 21.6. The van der Waals surface area contributed by atoms with E-state index in [0.717, 1.165) is 30.8 Å². The summed E-state index contributed by atoms with van der Waals surface area (Å²) in [6.07, 6.45) is 3.76. The van der Waals surface area contributed by atoms with Crippen molar-refractivity contribution >= 4 is 17.9 Å². The molecule has 1 aromatic heterocycles. The Morgan fingerprint density at radius 3 is 2.24 bits per heavy atom. The van der Waals surface area contributed by atoms with Gasteiger partial charge < -0.3 is 19.3 Å². The molecule has 1 amide bonds. The molecule has 8 heteroatoms. The van der Waals surface area contributed by atoms with Gasteiger partial charge in [0.2, 0.25) is 0 Å². The van der Waals surface area contributed by atoms with Crippen molar-refractivity contribution < 1.29 is 19.1 Å². The van der Waals surface area contributed by atoms with E-state index < -0.39 is 16.6 Å². The first-order valence-electron chi connectivity index (χ1n) is 12.1. The molecule has 2 saturated heterocycles. The van der Waals surface area contributed by atoms with Crippen LogP contribution in [0.3, 0.4) is 0 Å². The van der Waals surface area contributed by atoms with E-state index >= 15 is 0 Å². The molecule has 3 unspecified atom stereocenters. The number of carbonyl (C=O) groups is 2. The van der Waals surface area contributed by atoms with Gasteiger partial charge in [0.15, 0.2) is 0 Å². The number of nitrogens with zero attached hydrogens (tertiary/aromatic N) is 4. The number of esters is 1. The Balaban J connectivity index is 1.66. The largest absolute Gasteiger partial charge is 0.460 e. The van der Waals surface area contributed by atoms with Crippen molar-refractivity contribution in [2.75, 3.05) is 18.0 Å². The third kappa shape index (κ3) is 5.99. The van der Waals surface area contributed by atoms with Gasteiger partial charge in [-0.05, 0) is 79.4 Å². The molecule has 0 N–H and O–H groups in total. The molecule has 0 aliphatic carbocycles. The standard InChI is InChI=1S/C26H38N4O4/c1-24(2,3)33-22(31)10-13-26(7,17-27)18-8-9-21(28-16-18)29-14-11-20-19(29)12-15-30(20)23(32)34-25(4,5)6/h8-9,16,19-20H,10-15H2,1-7H3. The van der Waals surface area contributed by atoms with E-state index in [-0.39, 0.29) is 30.6 Å². The summed E-state index contributed by atoms with van der Waals surface area (Å²) >= 11 is 0. The summed E-state index contributed by atoms with van der Waals surface area (Å²) < 4.78 is 11.0. The Morgan fingerprint density at radius 1 is 1.03 bits per heavy atom. The van der Waals surface area contributed by atoms with Crippen LogP contribution in [0.4, 0.5) is 10.6 Å². The molecule has 186 valence electrons. The number of hydrogen-bond donors (Lipinski definition) is 0. The average molecular weight is 471 g/mol. The highest BCUT2D eigenvalue weighted by atomic mass is 16.6. The molecule has 2 aliphatic heterocycles. The summed E-state index contributed by atoms with van der Waals surface area (Å²) in [7, 11) is 0. The molecule has 8 nitrogen and oxygen atoms in total. The zero-order valence-corrected chi connectivity index (χ0v) is 21.6. The number of rotatable bonds is 5. The van der Waals surface area contributed by atoms with Crippen molar-refractivity contribution in [3.8, 4) is 6.07 Å². The first-order valence-corrected chi connectivity index (χ1v) is 12.1. The van der Waals surface area contributed by atoms with Gasteiger partial charge in [0.1, 0.15) is 17.0 Å². The molecule has 0 saturated carbocycles. The zero-order chi connectivity index (χ0) is 25.3. The number of likely N-dealkylation sites (tertiary alicyclic amines) is 1. The minimum atomic E-state index is -0.836. The van der Waals surface area contributed by atoms with E-state index in [1.54, 1.807) is 6.20 Å². The highest BCUT2D eigenvalue weighted by molar-refractivity contribution is 5.70. The second kappa shape index (κ2) is 9.44. The fourth-order valence-electron chi connectivity index (χ4n) is 4.71. The van der Waals surface area contributed by atoms with Crippen molar-refractivity contribution in [2.45, 2.75) is 103 Å². The lowest BCUT2D eigenvalue weighted by Gasteiger charge is -2.29. The Kier molecular flexibility index (Phi) is 7.16. The quantitative estimate of drug-likeness (QED) is 0.582. The van der Waals surface area contributed by atoms with Crippen LogP contribution >= 0.6 is 0 Å². The van der Waals surface area contributed by atoms with Gasteiger partial charge in [-0.1, -0.05) is 6.07 Å². The molecule has 2 aliphatic rings. The van der Waals surface area contributed by atoms with Crippen LogP contribution in [0.2, 0.25) is 0 Å². The molecule has 0 aromatic carbocycles. The molecule has 3 heterocycles. The van der Waals surface area contributed by atoms with Crippen molar-refractivity contribution in [1.82, 2.24) is 9.88 Å². The lowest BCUT2D eigenvalue weighted by molar-refractivity contribution is -0.155. The number of nitriles is 1. The van der Waals surface area contributed by atoms with Gasteiger partial charge in [0.25, 0.3) is 0 Å². The van der Waals surface area contributed by atoms with E-state index in [2.05, 4.69) is 16.0 Å². The average Bonchev–Trinajstić information content (AvgIpc) is 3.32. The molecule has 34 heavy (non-hydrogen) atoms. The van der Waals surface area contributed by atoms with Crippen molar-refractivity contribution in [1.29, 1.82) is 5.26 Å². The molecule has 0 bridgehead atoms. The highest BCUT2D eigenvalue weighted by Crippen LogP contribution is 2.36. The van der Waals surface area contributed by atoms with Crippen LogP contribution in [0.5, 0.6) is 0 Å². The van der Waals surface area contributed by atoms with Crippen LogP contribution in [0.1, 0.15) is 79.7 Å². The minimum Gasteiger partial charge on any atom is -0.460 e. The van der Waals surface area contributed by atoms with Crippen LogP contribution in [0, 0.1) is 11.3 Å². The smallest absolute Gasteiger partial charge is 0.410 e. The monoisotopic (exact) mass is 470 g/mol. The predicted molar refractivity (Wildman–Crippen MR) is 129 cm³/mol. The number of carbonyl (C=O) groups excluding carboxylic acids is 2. The van der Waals surface area contributed by atoms with Crippen LogP contribution in [-0.4, -0.2) is 58.3 Å². The van der Waals surface area contributed by atoms with Crippen LogP contribution in [0.25, 0.3) is 0 Å². The van der Waals surface area contributed by atoms with Gasteiger partial charge in [0.05, 0.1) is 23.6 Å². The number of fused-ring (bicyclic) bond motifs is 1. The third-order valence-electron chi connectivity index (χ3n) is 6.38. The maximum Gasteiger partial charge on any atom is 0.410 e. The van der Waals surface area contributed by atoms with Crippen molar-refractivity contribution in [3.63, 3.8) is 0 Å². The van der Waals surface area contributed by atoms with E-state index in [9.17, 15) is 14.9 Å². The SMILES string of the molecule is CC(C)(C)OC(=O)CCC(C)(C#N)c1ccc(N2CCC3C2CCN3C(=O)OC(C)(C)C)nc1. The number of anilines is 1. The molecule has 0 spiro atoms. The number of amides is 1. The van der Waals surface area contributed by atoms with Crippen LogP contribution < -0.4 is 4.90 Å². The Bertz CT molecular complexity index is 942. The molecule has 0 radical (unpaired) electrons. The first kappa shape index (κ1) is 25.8. The molecular formula is C26H38N4O4. The topological polar surface area (TPSA) is 95.8 Å². The molecule has 2 fully saturated rings. The highest BCUT2D eigenvalue weighted by Gasteiger charge is 2.46. The summed E-state index contributed by atoms with van der Waals surface area (Å²) in [5.41, 5.74) is -1.12. The van der Waals surface area contributed by atoms with Crippen LogP contribution in [-0.2, 0) is 19.7 Å². The minimum absolute atomic E-state index is 0.120. The van der Waals surface area contributed by atoms with E-state index in [1.807, 2.05) is 65.5 Å². The summed E-state index contributed by atoms with van der Waals surface area (Å²) in [6, 6.07) is 6.55. The van der Waals surface area contributed by atoms with Crippen molar-refractivity contribution in [2.24, 2.45) is 0 Å². The predicted octanol–water partition coefficient (Wildman–Crippen LogP) is 4.57. The van der Waals surface area contributed by atoms with Gasteiger partial charge >= 0.3 is 12.1 Å². The molecular weight excluding hydrogens is 432 g/mol. The summed E-state index contributed by atoms with van der Waals surface area (Å²) in [4.78, 5) is 33.6. The second-order valence-corrected chi connectivity index (χ2v) is 11.5.